The van der Waals surface area contributed by atoms with Gasteiger partial charge in [-0.15, -0.1) is 0 Å². The maximum absolute atomic E-state index is 6.24. The molecule has 1 unspecified atom stereocenters. The lowest BCUT2D eigenvalue weighted by atomic mass is 9.92. The fourth-order valence-electron chi connectivity index (χ4n) is 2.07. The van der Waals surface area contributed by atoms with Crippen molar-refractivity contribution < 1.29 is 4.74 Å². The summed E-state index contributed by atoms with van der Waals surface area (Å²) in [7, 11) is 1.61. The van der Waals surface area contributed by atoms with Crippen LogP contribution in [0.15, 0.2) is 36.4 Å². The summed E-state index contributed by atoms with van der Waals surface area (Å²) in [4.78, 5) is 0. The first-order valence-electron chi connectivity index (χ1n) is 6.01. The fraction of sp³-hybridized carbons (Fsp3) is 0.200. The highest BCUT2D eigenvalue weighted by molar-refractivity contribution is 6.31. The van der Waals surface area contributed by atoms with Crippen molar-refractivity contribution >= 4 is 23.0 Å². The smallest absolute Gasteiger partial charge is 0.142 e. The predicted octanol–water partition coefficient (Wildman–Crippen LogP) is 3.66. The van der Waals surface area contributed by atoms with E-state index in [4.69, 9.17) is 27.8 Å². The van der Waals surface area contributed by atoms with E-state index in [-0.39, 0.29) is 5.92 Å². The van der Waals surface area contributed by atoms with E-state index in [9.17, 15) is 0 Å². The van der Waals surface area contributed by atoms with Crippen molar-refractivity contribution in [3.8, 4) is 5.75 Å². The van der Waals surface area contributed by atoms with Gasteiger partial charge in [0.2, 0.25) is 0 Å². The van der Waals surface area contributed by atoms with E-state index in [0.717, 1.165) is 11.1 Å². The SMILES string of the molecule is COc1cc(C(C)c2ccc(N)cc2Cl)ccc1N. The summed E-state index contributed by atoms with van der Waals surface area (Å²) >= 11 is 6.24. The molecule has 2 aromatic rings. The minimum atomic E-state index is 0.141. The summed E-state index contributed by atoms with van der Waals surface area (Å²) in [6.45, 7) is 2.09. The maximum atomic E-state index is 6.24. The van der Waals surface area contributed by atoms with E-state index in [1.54, 1.807) is 13.2 Å². The highest BCUT2D eigenvalue weighted by Gasteiger charge is 2.13. The second-order valence-corrected chi connectivity index (χ2v) is 4.91. The van der Waals surface area contributed by atoms with Gasteiger partial charge in [0.05, 0.1) is 12.8 Å². The number of nitrogens with two attached hydrogens (primary N) is 2. The first kappa shape index (κ1) is 13.6. The zero-order valence-electron chi connectivity index (χ0n) is 11.0. The summed E-state index contributed by atoms with van der Waals surface area (Å²) in [5.74, 6) is 0.818. The summed E-state index contributed by atoms with van der Waals surface area (Å²) in [5, 5.41) is 0.670. The van der Waals surface area contributed by atoms with Crippen LogP contribution in [0.4, 0.5) is 11.4 Å². The molecule has 0 heterocycles. The normalized spacial score (nSPS) is 12.2. The quantitative estimate of drug-likeness (QED) is 0.841. The third-order valence-corrected chi connectivity index (χ3v) is 3.58. The third kappa shape index (κ3) is 2.76. The predicted molar refractivity (Wildman–Crippen MR) is 80.8 cm³/mol. The number of methoxy groups -OCH3 is 1. The van der Waals surface area contributed by atoms with Crippen molar-refractivity contribution in [3.63, 3.8) is 0 Å². The van der Waals surface area contributed by atoms with Crippen LogP contribution < -0.4 is 16.2 Å². The molecule has 0 aliphatic rings. The minimum absolute atomic E-state index is 0.141. The highest BCUT2D eigenvalue weighted by Crippen LogP contribution is 2.34. The van der Waals surface area contributed by atoms with Gasteiger partial charge >= 0.3 is 0 Å². The van der Waals surface area contributed by atoms with Gasteiger partial charge < -0.3 is 16.2 Å². The molecule has 1 atom stereocenters. The summed E-state index contributed by atoms with van der Waals surface area (Å²) in [6, 6.07) is 11.3. The van der Waals surface area contributed by atoms with Crippen LogP contribution in [-0.2, 0) is 0 Å². The van der Waals surface area contributed by atoms with Crippen molar-refractivity contribution in [2.24, 2.45) is 0 Å². The van der Waals surface area contributed by atoms with Crippen molar-refractivity contribution in [3.05, 3.63) is 52.5 Å². The largest absolute Gasteiger partial charge is 0.495 e. The standard InChI is InChI=1S/C15H17ClN2O/c1-9(12-5-4-11(17)8-13(12)16)10-3-6-14(18)15(7-10)19-2/h3-9H,17-18H2,1-2H3. The molecule has 3 nitrogen and oxygen atoms in total. The van der Waals surface area contributed by atoms with Crippen LogP contribution in [0.5, 0.6) is 5.75 Å². The molecule has 4 N–H and O–H groups in total. The van der Waals surface area contributed by atoms with Crippen molar-refractivity contribution in [2.45, 2.75) is 12.8 Å². The minimum Gasteiger partial charge on any atom is -0.495 e. The average molecular weight is 277 g/mol. The van der Waals surface area contributed by atoms with Gasteiger partial charge in [0.1, 0.15) is 5.75 Å². The van der Waals surface area contributed by atoms with Gasteiger partial charge in [0, 0.05) is 16.6 Å². The second kappa shape index (κ2) is 5.41. The zero-order chi connectivity index (χ0) is 14.0. The van der Waals surface area contributed by atoms with Crippen LogP contribution in [0.1, 0.15) is 24.0 Å². The third-order valence-electron chi connectivity index (χ3n) is 3.25. The summed E-state index contributed by atoms with van der Waals surface area (Å²) in [5.41, 5.74) is 14.9. The van der Waals surface area contributed by atoms with E-state index in [2.05, 4.69) is 6.92 Å². The number of nitrogen functional groups attached to an aromatic ring is 2. The van der Waals surface area contributed by atoms with Crippen LogP contribution in [0.3, 0.4) is 0 Å². The average Bonchev–Trinajstić information content (AvgIpc) is 2.38. The van der Waals surface area contributed by atoms with E-state index in [0.29, 0.717) is 22.1 Å². The number of hydrogen-bond donors (Lipinski definition) is 2. The molecule has 100 valence electrons. The van der Waals surface area contributed by atoms with Gasteiger partial charge in [-0.1, -0.05) is 30.7 Å². The van der Waals surface area contributed by atoms with Gasteiger partial charge in [-0.2, -0.15) is 0 Å². The molecule has 4 heteroatoms. The van der Waals surface area contributed by atoms with Gasteiger partial charge in [0.25, 0.3) is 0 Å². The Labute approximate surface area is 118 Å². The number of hydrogen-bond acceptors (Lipinski definition) is 3. The molecular weight excluding hydrogens is 260 g/mol. The second-order valence-electron chi connectivity index (χ2n) is 4.50. The number of rotatable bonds is 3. The number of ether oxygens (including phenoxy) is 1. The monoisotopic (exact) mass is 276 g/mol. The molecule has 0 radical (unpaired) electrons. The first-order chi connectivity index (χ1) is 9.02. The highest BCUT2D eigenvalue weighted by atomic mass is 35.5. The van der Waals surface area contributed by atoms with Crippen molar-refractivity contribution in [1.29, 1.82) is 0 Å². The molecule has 0 bridgehead atoms. The molecular formula is C15H17ClN2O. The molecule has 0 aromatic heterocycles. The Morgan fingerprint density at radius 3 is 2.47 bits per heavy atom. The Morgan fingerprint density at radius 1 is 1.11 bits per heavy atom. The van der Waals surface area contributed by atoms with Gasteiger partial charge in [-0.05, 0) is 35.4 Å². The molecule has 2 aromatic carbocycles. The lowest BCUT2D eigenvalue weighted by Gasteiger charge is -2.16. The number of benzene rings is 2. The molecule has 0 aliphatic heterocycles. The molecule has 0 aliphatic carbocycles. The Morgan fingerprint density at radius 2 is 1.84 bits per heavy atom. The Balaban J connectivity index is 2.40. The molecule has 19 heavy (non-hydrogen) atoms. The Bertz CT molecular complexity index is 599. The van der Waals surface area contributed by atoms with Crippen LogP contribution in [0.2, 0.25) is 5.02 Å². The van der Waals surface area contributed by atoms with E-state index >= 15 is 0 Å². The Kier molecular flexibility index (Phi) is 3.86. The zero-order valence-corrected chi connectivity index (χ0v) is 11.7. The van der Waals surface area contributed by atoms with E-state index < -0.39 is 0 Å². The lowest BCUT2D eigenvalue weighted by molar-refractivity contribution is 0.416. The van der Waals surface area contributed by atoms with E-state index in [1.807, 2.05) is 30.3 Å². The summed E-state index contributed by atoms with van der Waals surface area (Å²) in [6.07, 6.45) is 0. The van der Waals surface area contributed by atoms with Crippen LogP contribution in [0.25, 0.3) is 0 Å². The molecule has 2 rings (SSSR count). The van der Waals surface area contributed by atoms with E-state index in [1.165, 1.54) is 0 Å². The van der Waals surface area contributed by atoms with Gasteiger partial charge in [0.15, 0.2) is 0 Å². The first-order valence-corrected chi connectivity index (χ1v) is 6.39. The molecule has 0 fully saturated rings. The van der Waals surface area contributed by atoms with Crippen LogP contribution in [-0.4, -0.2) is 7.11 Å². The van der Waals surface area contributed by atoms with Crippen molar-refractivity contribution in [1.82, 2.24) is 0 Å². The van der Waals surface area contributed by atoms with Crippen LogP contribution in [0, 0.1) is 0 Å². The molecule has 0 saturated carbocycles. The number of anilines is 2. The lowest BCUT2D eigenvalue weighted by Crippen LogP contribution is -2.00. The molecule has 0 saturated heterocycles. The van der Waals surface area contributed by atoms with Gasteiger partial charge in [-0.25, -0.2) is 0 Å². The Hall–Kier alpha value is -1.87. The number of halogens is 1. The molecule has 0 amide bonds. The molecule has 0 spiro atoms. The topological polar surface area (TPSA) is 61.3 Å². The summed E-state index contributed by atoms with van der Waals surface area (Å²) < 4.78 is 5.24. The van der Waals surface area contributed by atoms with Crippen molar-refractivity contribution in [2.75, 3.05) is 18.6 Å². The van der Waals surface area contributed by atoms with Gasteiger partial charge in [-0.3, -0.25) is 0 Å². The maximum Gasteiger partial charge on any atom is 0.142 e. The fourth-order valence-corrected chi connectivity index (χ4v) is 2.42. The van der Waals surface area contributed by atoms with Crippen LogP contribution >= 0.6 is 11.6 Å².